The van der Waals surface area contributed by atoms with Crippen LogP contribution in [0.4, 0.5) is 4.39 Å². The Balaban J connectivity index is 2.38. The van der Waals surface area contributed by atoms with E-state index in [1.54, 1.807) is 6.07 Å². The van der Waals surface area contributed by atoms with Gasteiger partial charge < -0.3 is 5.32 Å². The number of nitrogens with one attached hydrogen (secondary N) is 1. The second kappa shape index (κ2) is 5.98. The van der Waals surface area contributed by atoms with Gasteiger partial charge in [-0.2, -0.15) is 0 Å². The van der Waals surface area contributed by atoms with E-state index in [2.05, 4.69) is 31.3 Å². The zero-order valence-electron chi connectivity index (χ0n) is 11.7. The molecule has 0 aliphatic rings. The van der Waals surface area contributed by atoms with Crippen molar-refractivity contribution in [2.24, 2.45) is 0 Å². The fourth-order valence-electron chi connectivity index (χ4n) is 2.18. The van der Waals surface area contributed by atoms with Crippen molar-refractivity contribution in [2.75, 3.05) is 0 Å². The van der Waals surface area contributed by atoms with Crippen molar-refractivity contribution in [1.82, 2.24) is 5.32 Å². The van der Waals surface area contributed by atoms with E-state index >= 15 is 0 Å². The number of hydrogen-bond acceptors (Lipinski definition) is 1. The van der Waals surface area contributed by atoms with Crippen LogP contribution in [0.25, 0.3) is 11.1 Å². The van der Waals surface area contributed by atoms with Crippen molar-refractivity contribution in [1.29, 1.82) is 0 Å². The number of halogens is 1. The fourth-order valence-corrected chi connectivity index (χ4v) is 2.18. The average Bonchev–Trinajstić information content (AvgIpc) is 2.37. The van der Waals surface area contributed by atoms with Crippen LogP contribution in [0.5, 0.6) is 0 Å². The Morgan fingerprint density at radius 3 is 2.47 bits per heavy atom. The second-order valence-corrected chi connectivity index (χ2v) is 5.15. The first kappa shape index (κ1) is 13.8. The number of rotatable bonds is 4. The molecule has 100 valence electrons. The van der Waals surface area contributed by atoms with Gasteiger partial charge in [-0.05, 0) is 41.3 Å². The molecule has 1 nitrogen and oxygen atoms in total. The standard InChI is InChI=1S/C17H20FN/c1-12(2)19-11-14-6-4-5-7-17(14)16-9-8-15(18)10-13(16)3/h4-10,12,19H,11H2,1-3H3. The van der Waals surface area contributed by atoms with E-state index in [0.29, 0.717) is 6.04 Å². The van der Waals surface area contributed by atoms with Crippen LogP contribution in [0.3, 0.4) is 0 Å². The molecule has 0 aromatic heterocycles. The third-order valence-corrected chi connectivity index (χ3v) is 3.20. The molecule has 0 aliphatic heterocycles. The topological polar surface area (TPSA) is 12.0 Å². The minimum absolute atomic E-state index is 0.181. The van der Waals surface area contributed by atoms with Gasteiger partial charge in [0.25, 0.3) is 0 Å². The highest BCUT2D eigenvalue weighted by Crippen LogP contribution is 2.27. The van der Waals surface area contributed by atoms with Gasteiger partial charge in [0.15, 0.2) is 0 Å². The molecule has 2 aromatic carbocycles. The van der Waals surface area contributed by atoms with Gasteiger partial charge >= 0.3 is 0 Å². The van der Waals surface area contributed by atoms with Crippen molar-refractivity contribution in [3.8, 4) is 11.1 Å². The Labute approximate surface area is 114 Å². The zero-order valence-corrected chi connectivity index (χ0v) is 11.7. The van der Waals surface area contributed by atoms with E-state index in [-0.39, 0.29) is 5.82 Å². The van der Waals surface area contributed by atoms with Crippen molar-refractivity contribution in [3.63, 3.8) is 0 Å². The molecular weight excluding hydrogens is 237 g/mol. The maximum atomic E-state index is 13.2. The first-order chi connectivity index (χ1) is 9.08. The Morgan fingerprint density at radius 1 is 1.05 bits per heavy atom. The highest BCUT2D eigenvalue weighted by molar-refractivity contribution is 5.70. The summed E-state index contributed by atoms with van der Waals surface area (Å²) in [5, 5.41) is 3.43. The number of aryl methyl sites for hydroxylation is 1. The summed E-state index contributed by atoms with van der Waals surface area (Å²) in [6.45, 7) is 7.03. The number of benzene rings is 2. The van der Waals surface area contributed by atoms with Crippen LogP contribution in [0, 0.1) is 12.7 Å². The van der Waals surface area contributed by atoms with Gasteiger partial charge in [0.2, 0.25) is 0 Å². The van der Waals surface area contributed by atoms with Gasteiger partial charge in [-0.15, -0.1) is 0 Å². The molecule has 0 atom stereocenters. The Bertz CT molecular complexity index is 561. The monoisotopic (exact) mass is 257 g/mol. The largest absolute Gasteiger partial charge is 0.310 e. The van der Waals surface area contributed by atoms with Gasteiger partial charge in [-0.25, -0.2) is 4.39 Å². The molecule has 2 aromatic rings. The Kier molecular flexibility index (Phi) is 4.33. The molecule has 0 spiro atoms. The molecule has 0 amide bonds. The number of hydrogen-bond donors (Lipinski definition) is 1. The van der Waals surface area contributed by atoms with Crippen molar-refractivity contribution >= 4 is 0 Å². The lowest BCUT2D eigenvalue weighted by molar-refractivity contribution is 0.589. The fraction of sp³-hybridized carbons (Fsp3) is 0.294. The first-order valence-electron chi connectivity index (χ1n) is 6.65. The van der Waals surface area contributed by atoms with Crippen LogP contribution in [0.1, 0.15) is 25.0 Å². The van der Waals surface area contributed by atoms with Crippen LogP contribution in [-0.2, 0) is 6.54 Å². The van der Waals surface area contributed by atoms with Crippen LogP contribution in [0.2, 0.25) is 0 Å². The maximum Gasteiger partial charge on any atom is 0.123 e. The summed E-state index contributed by atoms with van der Waals surface area (Å²) in [4.78, 5) is 0. The van der Waals surface area contributed by atoms with E-state index in [1.165, 1.54) is 17.2 Å². The molecular formula is C17H20FN. The van der Waals surface area contributed by atoms with Crippen molar-refractivity contribution < 1.29 is 4.39 Å². The minimum Gasteiger partial charge on any atom is -0.310 e. The van der Waals surface area contributed by atoms with E-state index in [4.69, 9.17) is 0 Å². The maximum absolute atomic E-state index is 13.2. The van der Waals surface area contributed by atoms with Gasteiger partial charge in [0, 0.05) is 12.6 Å². The molecule has 0 saturated heterocycles. The highest BCUT2D eigenvalue weighted by Gasteiger charge is 2.08. The third-order valence-electron chi connectivity index (χ3n) is 3.20. The lowest BCUT2D eigenvalue weighted by atomic mass is 9.96. The molecule has 2 heteroatoms. The smallest absolute Gasteiger partial charge is 0.123 e. The first-order valence-corrected chi connectivity index (χ1v) is 6.65. The average molecular weight is 257 g/mol. The predicted molar refractivity (Wildman–Crippen MR) is 78.5 cm³/mol. The van der Waals surface area contributed by atoms with E-state index in [0.717, 1.165) is 17.7 Å². The summed E-state index contributed by atoms with van der Waals surface area (Å²) in [5.74, 6) is -0.181. The van der Waals surface area contributed by atoms with Crippen LogP contribution in [0.15, 0.2) is 42.5 Å². The van der Waals surface area contributed by atoms with E-state index in [9.17, 15) is 4.39 Å². The SMILES string of the molecule is Cc1cc(F)ccc1-c1ccccc1CNC(C)C. The second-order valence-electron chi connectivity index (χ2n) is 5.15. The van der Waals surface area contributed by atoms with Gasteiger partial charge in [-0.3, -0.25) is 0 Å². The molecule has 0 fully saturated rings. The van der Waals surface area contributed by atoms with Gasteiger partial charge in [-0.1, -0.05) is 44.2 Å². The summed E-state index contributed by atoms with van der Waals surface area (Å²) < 4.78 is 13.2. The Morgan fingerprint density at radius 2 is 1.79 bits per heavy atom. The molecule has 0 aliphatic carbocycles. The molecule has 0 heterocycles. The van der Waals surface area contributed by atoms with Crippen molar-refractivity contribution in [3.05, 3.63) is 59.4 Å². The summed E-state index contributed by atoms with van der Waals surface area (Å²) in [6.07, 6.45) is 0. The molecule has 0 bridgehead atoms. The summed E-state index contributed by atoms with van der Waals surface area (Å²) >= 11 is 0. The molecule has 19 heavy (non-hydrogen) atoms. The highest BCUT2D eigenvalue weighted by atomic mass is 19.1. The minimum atomic E-state index is -0.181. The van der Waals surface area contributed by atoms with Crippen molar-refractivity contribution in [2.45, 2.75) is 33.4 Å². The van der Waals surface area contributed by atoms with Gasteiger partial charge in [0.05, 0.1) is 0 Å². The third kappa shape index (κ3) is 3.42. The molecule has 2 rings (SSSR count). The zero-order chi connectivity index (χ0) is 13.8. The summed E-state index contributed by atoms with van der Waals surface area (Å²) in [6, 6.07) is 13.7. The van der Waals surface area contributed by atoms with Crippen LogP contribution in [-0.4, -0.2) is 6.04 Å². The quantitative estimate of drug-likeness (QED) is 0.861. The molecule has 0 radical (unpaired) electrons. The van der Waals surface area contributed by atoms with E-state index < -0.39 is 0 Å². The Hall–Kier alpha value is -1.67. The normalized spacial score (nSPS) is 11.0. The van der Waals surface area contributed by atoms with Gasteiger partial charge in [0.1, 0.15) is 5.82 Å². The van der Waals surface area contributed by atoms with Crippen LogP contribution < -0.4 is 5.32 Å². The summed E-state index contributed by atoms with van der Waals surface area (Å²) in [7, 11) is 0. The van der Waals surface area contributed by atoms with Crippen LogP contribution >= 0.6 is 0 Å². The van der Waals surface area contributed by atoms with E-state index in [1.807, 2.05) is 25.1 Å². The predicted octanol–water partition coefficient (Wildman–Crippen LogP) is 4.30. The summed E-state index contributed by atoms with van der Waals surface area (Å²) in [5.41, 5.74) is 4.48. The molecule has 0 unspecified atom stereocenters. The lowest BCUT2D eigenvalue weighted by Crippen LogP contribution is -2.22. The molecule has 1 N–H and O–H groups in total. The lowest BCUT2D eigenvalue weighted by Gasteiger charge is -2.14. The molecule has 0 saturated carbocycles.